The largest absolute Gasteiger partial charge is 0.446 e. The van der Waals surface area contributed by atoms with Crippen LogP contribution in [0.4, 0.5) is 4.79 Å². The molecular weight excluding hydrogens is 258 g/mol. The minimum atomic E-state index is -0.854. The smallest absolute Gasteiger partial charge is 0.408 e. The van der Waals surface area contributed by atoms with Crippen molar-refractivity contribution in [3.05, 3.63) is 29.3 Å². The van der Waals surface area contributed by atoms with E-state index in [9.17, 15) is 9.59 Å². The average Bonchev–Trinajstić information content (AvgIpc) is 2.58. The molecule has 0 radical (unpaired) electrons. The van der Waals surface area contributed by atoms with Gasteiger partial charge in [0.2, 0.25) is 0 Å². The Hall–Kier alpha value is -1.59. The first-order valence-corrected chi connectivity index (χ1v) is 5.73. The van der Waals surface area contributed by atoms with E-state index in [1.807, 2.05) is 0 Å². The second kappa shape index (κ2) is 4.59. The zero-order valence-electron chi connectivity index (χ0n) is 9.97. The van der Waals surface area contributed by atoms with Crippen molar-refractivity contribution in [1.82, 2.24) is 5.06 Å². The Kier molecular flexibility index (Phi) is 3.28. The van der Waals surface area contributed by atoms with E-state index < -0.39 is 17.4 Å². The van der Waals surface area contributed by atoms with Crippen LogP contribution in [0.3, 0.4) is 0 Å². The van der Waals surface area contributed by atoms with Crippen LogP contribution in [-0.4, -0.2) is 23.7 Å². The number of hydroxylamine groups is 2. The fraction of sp³-hybridized carbons (Fsp3) is 0.333. The molecule has 96 valence electrons. The minimum absolute atomic E-state index is 0.154. The van der Waals surface area contributed by atoms with Gasteiger partial charge in [0.1, 0.15) is 5.75 Å². The van der Waals surface area contributed by atoms with Crippen molar-refractivity contribution < 1.29 is 19.2 Å². The minimum Gasteiger partial charge on any atom is -0.408 e. The molecule has 18 heavy (non-hydrogen) atoms. The van der Waals surface area contributed by atoms with Crippen molar-refractivity contribution >= 4 is 23.6 Å². The lowest BCUT2D eigenvalue weighted by Gasteiger charge is -2.14. The first-order chi connectivity index (χ1) is 8.40. The SMILES string of the molecule is CC1(C)CON(C(=O)Oc2ccc(Cl)cc2)C1=O. The van der Waals surface area contributed by atoms with Crippen molar-refractivity contribution in [2.45, 2.75) is 13.8 Å². The molecule has 1 aliphatic rings. The monoisotopic (exact) mass is 269 g/mol. The summed E-state index contributed by atoms with van der Waals surface area (Å²) in [6.07, 6.45) is -0.854. The molecule has 0 bridgehead atoms. The standard InChI is InChI=1S/C12H12ClNO4/c1-12(2)7-17-14(10(12)15)11(16)18-9-5-3-8(13)4-6-9/h3-6H,7H2,1-2H3. The second-order valence-corrected chi connectivity index (χ2v) is 5.02. The fourth-order valence-corrected chi connectivity index (χ4v) is 1.53. The zero-order chi connectivity index (χ0) is 13.3. The number of halogens is 1. The van der Waals surface area contributed by atoms with Crippen LogP contribution in [0.1, 0.15) is 13.8 Å². The highest BCUT2D eigenvalue weighted by atomic mass is 35.5. The van der Waals surface area contributed by atoms with Gasteiger partial charge in [-0.3, -0.25) is 9.63 Å². The number of hydrogen-bond acceptors (Lipinski definition) is 4. The van der Waals surface area contributed by atoms with E-state index in [1.54, 1.807) is 26.0 Å². The van der Waals surface area contributed by atoms with Crippen molar-refractivity contribution in [2.24, 2.45) is 5.41 Å². The summed E-state index contributed by atoms with van der Waals surface area (Å²) in [4.78, 5) is 28.5. The molecule has 2 rings (SSSR count). The molecule has 0 spiro atoms. The molecule has 0 N–H and O–H groups in total. The molecule has 2 amide bonds. The number of hydrogen-bond donors (Lipinski definition) is 0. The number of ether oxygens (including phenoxy) is 1. The second-order valence-electron chi connectivity index (χ2n) is 4.58. The lowest BCUT2D eigenvalue weighted by molar-refractivity contribution is -0.151. The summed E-state index contributed by atoms with van der Waals surface area (Å²) in [5.74, 6) is -0.119. The summed E-state index contributed by atoms with van der Waals surface area (Å²) in [5, 5.41) is 1.18. The van der Waals surface area contributed by atoms with Gasteiger partial charge in [0.05, 0.1) is 12.0 Å². The van der Waals surface area contributed by atoms with Crippen molar-refractivity contribution in [3.63, 3.8) is 0 Å². The number of amides is 2. The summed E-state index contributed by atoms with van der Waals surface area (Å²) in [5.41, 5.74) is -0.709. The van der Waals surface area contributed by atoms with Crippen LogP contribution in [0, 0.1) is 5.41 Å². The molecule has 1 aromatic carbocycles. The molecule has 0 unspecified atom stereocenters. The number of nitrogens with zero attached hydrogens (tertiary/aromatic N) is 1. The van der Waals surface area contributed by atoms with Gasteiger partial charge in [0.25, 0.3) is 5.91 Å². The van der Waals surface area contributed by atoms with Gasteiger partial charge in [-0.15, -0.1) is 5.06 Å². The third-order valence-corrected chi connectivity index (χ3v) is 2.75. The molecule has 1 heterocycles. The van der Waals surface area contributed by atoms with Crippen molar-refractivity contribution in [2.75, 3.05) is 6.61 Å². The maximum atomic E-state index is 11.8. The molecule has 0 aliphatic carbocycles. The molecular formula is C12H12ClNO4. The van der Waals surface area contributed by atoms with Gasteiger partial charge in [-0.1, -0.05) is 11.6 Å². The zero-order valence-corrected chi connectivity index (χ0v) is 10.7. The van der Waals surface area contributed by atoms with Gasteiger partial charge < -0.3 is 4.74 Å². The van der Waals surface area contributed by atoms with Crippen LogP contribution in [0.5, 0.6) is 5.75 Å². The number of carbonyl (C=O) groups is 2. The predicted molar refractivity (Wildman–Crippen MR) is 64.1 cm³/mol. The van der Waals surface area contributed by atoms with Crippen LogP contribution in [0.2, 0.25) is 5.02 Å². The summed E-state index contributed by atoms with van der Waals surface area (Å²) in [7, 11) is 0. The highest BCUT2D eigenvalue weighted by Gasteiger charge is 2.44. The fourth-order valence-electron chi connectivity index (χ4n) is 1.40. The van der Waals surface area contributed by atoms with Gasteiger partial charge in [0, 0.05) is 5.02 Å². The van der Waals surface area contributed by atoms with Crippen molar-refractivity contribution in [3.8, 4) is 5.75 Å². The number of imide groups is 1. The van der Waals surface area contributed by atoms with Crippen LogP contribution in [0.25, 0.3) is 0 Å². The third kappa shape index (κ3) is 2.47. The number of carbonyl (C=O) groups excluding carboxylic acids is 2. The Labute approximate surface area is 109 Å². The van der Waals surface area contributed by atoms with Gasteiger partial charge in [-0.05, 0) is 38.1 Å². The summed E-state index contributed by atoms with van der Waals surface area (Å²) in [6, 6.07) is 6.24. The summed E-state index contributed by atoms with van der Waals surface area (Å²) >= 11 is 5.71. The lowest BCUT2D eigenvalue weighted by Crippen LogP contribution is -2.37. The Morgan fingerprint density at radius 3 is 2.50 bits per heavy atom. The van der Waals surface area contributed by atoms with Crippen LogP contribution in [0.15, 0.2) is 24.3 Å². The maximum Gasteiger partial charge on any atom is 0.446 e. The van der Waals surface area contributed by atoms with E-state index in [-0.39, 0.29) is 6.61 Å². The number of rotatable bonds is 1. The van der Waals surface area contributed by atoms with Crippen LogP contribution < -0.4 is 4.74 Å². The summed E-state index contributed by atoms with van der Waals surface area (Å²) in [6.45, 7) is 3.55. The normalized spacial score (nSPS) is 17.9. The van der Waals surface area contributed by atoms with Crippen LogP contribution >= 0.6 is 11.6 Å². The van der Waals surface area contributed by atoms with Gasteiger partial charge in [-0.2, -0.15) is 0 Å². The molecule has 1 aliphatic heterocycles. The topological polar surface area (TPSA) is 55.8 Å². The van der Waals surface area contributed by atoms with E-state index in [1.165, 1.54) is 12.1 Å². The molecule has 5 nitrogen and oxygen atoms in total. The van der Waals surface area contributed by atoms with Gasteiger partial charge >= 0.3 is 6.09 Å². The quantitative estimate of drug-likeness (QED) is 0.786. The highest BCUT2D eigenvalue weighted by molar-refractivity contribution is 6.30. The lowest BCUT2D eigenvalue weighted by atomic mass is 9.95. The Morgan fingerprint density at radius 2 is 2.00 bits per heavy atom. The molecule has 1 fully saturated rings. The average molecular weight is 270 g/mol. The first kappa shape index (κ1) is 12.9. The molecule has 0 saturated carbocycles. The van der Waals surface area contributed by atoms with E-state index >= 15 is 0 Å². The molecule has 0 aromatic heterocycles. The molecule has 0 atom stereocenters. The highest BCUT2D eigenvalue weighted by Crippen LogP contribution is 2.27. The van der Waals surface area contributed by atoms with E-state index in [4.69, 9.17) is 21.2 Å². The van der Waals surface area contributed by atoms with E-state index in [2.05, 4.69) is 0 Å². The Balaban J connectivity index is 2.05. The van der Waals surface area contributed by atoms with Gasteiger partial charge in [0.15, 0.2) is 0 Å². The van der Waals surface area contributed by atoms with Crippen LogP contribution in [-0.2, 0) is 9.63 Å². The van der Waals surface area contributed by atoms with Crippen molar-refractivity contribution in [1.29, 1.82) is 0 Å². The predicted octanol–water partition coefficient (Wildman–Crippen LogP) is 2.64. The molecule has 6 heteroatoms. The molecule has 1 saturated heterocycles. The van der Waals surface area contributed by atoms with Gasteiger partial charge in [-0.25, -0.2) is 4.79 Å². The Bertz CT molecular complexity index is 483. The van der Waals surface area contributed by atoms with E-state index in [0.29, 0.717) is 15.8 Å². The number of benzene rings is 1. The molecule has 1 aromatic rings. The summed E-state index contributed by atoms with van der Waals surface area (Å²) < 4.78 is 5.00. The third-order valence-electron chi connectivity index (χ3n) is 2.50. The first-order valence-electron chi connectivity index (χ1n) is 5.35. The Morgan fingerprint density at radius 1 is 1.39 bits per heavy atom. The van der Waals surface area contributed by atoms with E-state index in [0.717, 1.165) is 0 Å². The maximum absolute atomic E-state index is 11.8.